The van der Waals surface area contributed by atoms with Crippen LogP contribution < -0.4 is 0 Å². The molecule has 0 aliphatic heterocycles. The van der Waals surface area contributed by atoms with E-state index in [1.165, 1.54) is 62.9 Å². The molecule has 84 valence electrons. The molecule has 2 aliphatic carbocycles. The summed E-state index contributed by atoms with van der Waals surface area (Å²) < 4.78 is 6.01. The summed E-state index contributed by atoms with van der Waals surface area (Å²) in [6.07, 6.45) is 17.3. The highest BCUT2D eigenvalue weighted by atomic mass is 16.5. The third-order valence-corrected chi connectivity index (χ3v) is 3.26. The molecule has 0 N–H and O–H groups in total. The molecule has 0 aromatic rings. The fourth-order valence-corrected chi connectivity index (χ4v) is 2.32. The molecule has 0 bridgehead atoms. The molecular weight excluding hydrogens is 184 g/mol. The van der Waals surface area contributed by atoms with Gasteiger partial charge in [0.2, 0.25) is 0 Å². The van der Waals surface area contributed by atoms with Crippen LogP contribution >= 0.6 is 0 Å². The first-order chi connectivity index (χ1) is 7.45. The molecule has 0 aromatic carbocycles. The van der Waals surface area contributed by atoms with Crippen LogP contribution in [0.5, 0.6) is 0 Å². The number of rotatable bonds is 2. The molecule has 15 heavy (non-hydrogen) atoms. The lowest BCUT2D eigenvalue weighted by atomic mass is 10.2. The van der Waals surface area contributed by atoms with Crippen LogP contribution in [-0.4, -0.2) is 0 Å². The first kappa shape index (κ1) is 10.8. The highest BCUT2D eigenvalue weighted by Crippen LogP contribution is 2.24. The van der Waals surface area contributed by atoms with Crippen LogP contribution in [0.1, 0.15) is 64.2 Å². The van der Waals surface area contributed by atoms with Gasteiger partial charge in [-0.1, -0.05) is 12.8 Å². The molecule has 0 atom stereocenters. The lowest BCUT2D eigenvalue weighted by Crippen LogP contribution is -1.93. The van der Waals surface area contributed by atoms with Crippen molar-refractivity contribution in [2.24, 2.45) is 0 Å². The molecule has 2 rings (SSSR count). The van der Waals surface area contributed by atoms with Gasteiger partial charge in [-0.25, -0.2) is 0 Å². The maximum Gasteiger partial charge on any atom is 0.0996 e. The van der Waals surface area contributed by atoms with Gasteiger partial charge >= 0.3 is 0 Å². The molecule has 0 heterocycles. The van der Waals surface area contributed by atoms with E-state index in [2.05, 4.69) is 12.2 Å². The van der Waals surface area contributed by atoms with Gasteiger partial charge in [-0.3, -0.25) is 0 Å². The topological polar surface area (TPSA) is 9.23 Å². The smallest absolute Gasteiger partial charge is 0.0996 e. The van der Waals surface area contributed by atoms with E-state index in [0.29, 0.717) is 0 Å². The van der Waals surface area contributed by atoms with E-state index < -0.39 is 0 Å². The first-order valence-corrected chi connectivity index (χ1v) is 6.51. The van der Waals surface area contributed by atoms with Crippen molar-refractivity contribution in [3.05, 3.63) is 23.7 Å². The predicted octanol–water partition coefficient (Wildman–Crippen LogP) is 4.70. The first-order valence-electron chi connectivity index (χ1n) is 6.51. The molecule has 2 aliphatic rings. The average Bonchev–Trinajstić information content (AvgIpc) is 2.63. The fourth-order valence-electron chi connectivity index (χ4n) is 2.32. The molecule has 1 nitrogen and oxygen atoms in total. The maximum absolute atomic E-state index is 6.01. The van der Waals surface area contributed by atoms with Gasteiger partial charge < -0.3 is 4.74 Å². The highest BCUT2D eigenvalue weighted by molar-refractivity contribution is 5.04. The zero-order valence-corrected chi connectivity index (χ0v) is 9.63. The van der Waals surface area contributed by atoms with E-state index in [4.69, 9.17) is 4.74 Å². The maximum atomic E-state index is 6.01. The third-order valence-electron chi connectivity index (χ3n) is 3.26. The van der Waals surface area contributed by atoms with Crippen molar-refractivity contribution in [3.8, 4) is 0 Å². The highest BCUT2D eigenvalue weighted by Gasteiger charge is 2.08. The van der Waals surface area contributed by atoms with Crippen molar-refractivity contribution in [3.63, 3.8) is 0 Å². The molecule has 0 aromatic heterocycles. The molecule has 1 heteroatoms. The average molecular weight is 206 g/mol. The normalized spacial score (nSPS) is 23.5. The summed E-state index contributed by atoms with van der Waals surface area (Å²) in [5.74, 6) is 2.47. The van der Waals surface area contributed by atoms with Gasteiger partial charge in [0.15, 0.2) is 0 Å². The van der Waals surface area contributed by atoms with Gasteiger partial charge in [-0.05, 0) is 50.7 Å². The van der Waals surface area contributed by atoms with Crippen molar-refractivity contribution in [2.45, 2.75) is 64.2 Å². The second-order valence-corrected chi connectivity index (χ2v) is 4.64. The van der Waals surface area contributed by atoms with Gasteiger partial charge in [0.25, 0.3) is 0 Å². The number of allylic oxidation sites excluding steroid dienone is 4. The van der Waals surface area contributed by atoms with Crippen LogP contribution in [0.4, 0.5) is 0 Å². The summed E-state index contributed by atoms with van der Waals surface area (Å²) in [5.41, 5.74) is 0. The minimum atomic E-state index is 1.15. The van der Waals surface area contributed by atoms with E-state index in [9.17, 15) is 0 Å². The van der Waals surface area contributed by atoms with Crippen molar-refractivity contribution in [1.29, 1.82) is 0 Å². The largest absolute Gasteiger partial charge is 0.467 e. The molecule has 0 spiro atoms. The minimum absolute atomic E-state index is 1.15. The zero-order valence-electron chi connectivity index (χ0n) is 9.63. The summed E-state index contributed by atoms with van der Waals surface area (Å²) in [7, 11) is 0. The van der Waals surface area contributed by atoms with E-state index in [1.54, 1.807) is 0 Å². The van der Waals surface area contributed by atoms with E-state index in [0.717, 1.165) is 12.8 Å². The van der Waals surface area contributed by atoms with E-state index >= 15 is 0 Å². The van der Waals surface area contributed by atoms with Crippen molar-refractivity contribution >= 4 is 0 Å². The van der Waals surface area contributed by atoms with Crippen LogP contribution in [0.15, 0.2) is 23.7 Å². The standard InChI is InChI=1S/C14H22O/c1-2-6-10-13(9-5-1)15-14-11-7-3-4-8-12-14/h9,11H,1-8,10,12H2. The van der Waals surface area contributed by atoms with Crippen LogP contribution in [0, 0.1) is 0 Å². The lowest BCUT2D eigenvalue weighted by Gasteiger charge is -2.11. The second-order valence-electron chi connectivity index (χ2n) is 4.64. The summed E-state index contributed by atoms with van der Waals surface area (Å²) in [4.78, 5) is 0. The van der Waals surface area contributed by atoms with Crippen LogP contribution in [0.2, 0.25) is 0 Å². The third kappa shape index (κ3) is 3.73. The molecule has 0 unspecified atom stereocenters. The monoisotopic (exact) mass is 206 g/mol. The lowest BCUT2D eigenvalue weighted by molar-refractivity contribution is 0.273. The van der Waals surface area contributed by atoms with Crippen LogP contribution in [-0.2, 0) is 4.74 Å². The molecule has 0 saturated carbocycles. The van der Waals surface area contributed by atoms with Gasteiger partial charge in [0, 0.05) is 12.8 Å². The second kappa shape index (κ2) is 5.99. The Morgan fingerprint density at radius 1 is 0.667 bits per heavy atom. The Kier molecular flexibility index (Phi) is 4.31. The summed E-state index contributed by atoms with van der Waals surface area (Å²) in [6, 6.07) is 0. The Hall–Kier alpha value is -0.720. The van der Waals surface area contributed by atoms with Crippen molar-refractivity contribution in [1.82, 2.24) is 0 Å². The van der Waals surface area contributed by atoms with Crippen LogP contribution in [0.25, 0.3) is 0 Å². The van der Waals surface area contributed by atoms with Gasteiger partial charge in [-0.15, -0.1) is 0 Å². The Morgan fingerprint density at radius 2 is 1.20 bits per heavy atom. The number of hydrogen-bond acceptors (Lipinski definition) is 1. The number of ether oxygens (including phenoxy) is 1. The molecule has 0 saturated heterocycles. The Bertz CT molecular complexity index is 224. The summed E-state index contributed by atoms with van der Waals surface area (Å²) in [6.45, 7) is 0. The zero-order chi connectivity index (χ0) is 10.3. The Morgan fingerprint density at radius 3 is 1.73 bits per heavy atom. The molecule has 0 fully saturated rings. The van der Waals surface area contributed by atoms with Gasteiger partial charge in [0.1, 0.15) is 0 Å². The van der Waals surface area contributed by atoms with Gasteiger partial charge in [-0.2, -0.15) is 0 Å². The molecular formula is C14H22O. The van der Waals surface area contributed by atoms with Gasteiger partial charge in [0.05, 0.1) is 11.5 Å². The van der Waals surface area contributed by atoms with Crippen LogP contribution in [0.3, 0.4) is 0 Å². The summed E-state index contributed by atoms with van der Waals surface area (Å²) >= 11 is 0. The van der Waals surface area contributed by atoms with Crippen molar-refractivity contribution in [2.75, 3.05) is 0 Å². The number of hydrogen-bond donors (Lipinski definition) is 0. The summed E-state index contributed by atoms with van der Waals surface area (Å²) in [5, 5.41) is 0. The fraction of sp³-hybridized carbons (Fsp3) is 0.714. The molecule has 0 radical (unpaired) electrons. The van der Waals surface area contributed by atoms with E-state index in [-0.39, 0.29) is 0 Å². The quantitative estimate of drug-likeness (QED) is 0.636. The van der Waals surface area contributed by atoms with E-state index in [1.807, 2.05) is 0 Å². The SMILES string of the molecule is C1=C(OC2=CCCCCC2)CCCCC1. The predicted molar refractivity (Wildman–Crippen MR) is 63.4 cm³/mol. The Labute approximate surface area is 93.2 Å². The minimum Gasteiger partial charge on any atom is -0.467 e. The van der Waals surface area contributed by atoms with Crippen molar-refractivity contribution < 1.29 is 4.74 Å². The molecule has 0 amide bonds. The Balaban J connectivity index is 1.88.